The van der Waals surface area contributed by atoms with Crippen LogP contribution in [0.25, 0.3) is 0 Å². The number of anilines is 1. The summed E-state index contributed by atoms with van der Waals surface area (Å²) in [4.78, 5) is 40.6. The van der Waals surface area contributed by atoms with E-state index in [1.165, 1.54) is 0 Å². The van der Waals surface area contributed by atoms with Crippen LogP contribution < -0.4 is 20.1 Å². The molecule has 11 heteroatoms. The van der Waals surface area contributed by atoms with Gasteiger partial charge in [0.05, 0.1) is 24.4 Å². The first-order valence-electron chi connectivity index (χ1n) is 13.1. The third-order valence-corrected chi connectivity index (χ3v) is 6.68. The highest BCUT2D eigenvalue weighted by atomic mass is 79.9. The van der Waals surface area contributed by atoms with Crippen molar-refractivity contribution in [2.24, 2.45) is 5.73 Å². The Morgan fingerprint density at radius 1 is 1.07 bits per heavy atom. The minimum absolute atomic E-state index is 0. The van der Waals surface area contributed by atoms with Crippen molar-refractivity contribution in [2.75, 3.05) is 37.7 Å². The molecule has 0 saturated heterocycles. The van der Waals surface area contributed by atoms with Gasteiger partial charge in [-0.2, -0.15) is 0 Å². The summed E-state index contributed by atoms with van der Waals surface area (Å²) >= 11 is 0. The van der Waals surface area contributed by atoms with Gasteiger partial charge in [-0.05, 0) is 56.0 Å². The summed E-state index contributed by atoms with van der Waals surface area (Å²) < 4.78 is 11.4. The Morgan fingerprint density at radius 2 is 1.73 bits per heavy atom. The highest BCUT2D eigenvalue weighted by Gasteiger charge is 2.31. The van der Waals surface area contributed by atoms with E-state index in [0.717, 1.165) is 11.1 Å². The maximum absolute atomic E-state index is 13.7. The molecule has 218 valence electrons. The number of fused-ring (bicyclic) bond motifs is 1. The number of aliphatic carboxylic acids is 1. The Bertz CT molecular complexity index is 1300. The van der Waals surface area contributed by atoms with Crippen molar-refractivity contribution in [3.05, 3.63) is 52.1 Å². The van der Waals surface area contributed by atoms with E-state index in [-0.39, 0.29) is 40.7 Å². The summed E-state index contributed by atoms with van der Waals surface area (Å²) in [5, 5.41) is 17.9. The second kappa shape index (κ2) is 13.2. The van der Waals surface area contributed by atoms with E-state index in [1.807, 2.05) is 39.5 Å². The molecule has 0 aliphatic carbocycles. The van der Waals surface area contributed by atoms with Gasteiger partial charge >= 0.3 is 5.97 Å². The van der Waals surface area contributed by atoms with E-state index in [4.69, 9.17) is 20.6 Å². The fourth-order valence-corrected chi connectivity index (χ4v) is 4.71. The molecule has 0 saturated carbocycles. The second-order valence-corrected chi connectivity index (χ2v) is 10.4. The normalized spacial score (nSPS) is 12.4. The predicted octanol–water partition coefficient (Wildman–Crippen LogP) is 4.39. The molecule has 4 N–H and O–H groups in total. The van der Waals surface area contributed by atoms with Crippen LogP contribution in [0, 0.1) is 5.41 Å². The summed E-state index contributed by atoms with van der Waals surface area (Å²) in [5.74, 6) is -0.983. The zero-order valence-corrected chi connectivity index (χ0v) is 25.6. The maximum atomic E-state index is 13.7. The third kappa shape index (κ3) is 6.93. The van der Waals surface area contributed by atoms with Gasteiger partial charge in [-0.15, -0.1) is 17.0 Å². The number of rotatable bonds is 12. The van der Waals surface area contributed by atoms with Gasteiger partial charge in [0.25, 0.3) is 5.91 Å². The predicted molar refractivity (Wildman–Crippen MR) is 160 cm³/mol. The topological polar surface area (TPSA) is 146 Å². The molecule has 0 radical (unpaired) electrons. The number of ether oxygens (including phenoxy) is 2. The lowest BCUT2D eigenvalue weighted by Gasteiger charge is -2.30. The van der Waals surface area contributed by atoms with Crippen molar-refractivity contribution in [3.63, 3.8) is 0 Å². The first kappa shape index (κ1) is 32.6. The SMILES string of the molecule is Br.CCOc1cc2c(cc1C(N)=O)C(=N)N(CC(=O)c1cc(N(CC)CC)c(OCC(=O)O)c(C(C)(C)C)c1)C2. The summed E-state index contributed by atoms with van der Waals surface area (Å²) in [5.41, 5.74) is 8.43. The van der Waals surface area contributed by atoms with Crippen LogP contribution in [0.3, 0.4) is 0 Å². The highest BCUT2D eigenvalue weighted by molar-refractivity contribution is 8.93. The van der Waals surface area contributed by atoms with Crippen molar-refractivity contribution >= 4 is 46.2 Å². The van der Waals surface area contributed by atoms with Gasteiger partial charge in [0.15, 0.2) is 12.4 Å². The molecule has 0 spiro atoms. The summed E-state index contributed by atoms with van der Waals surface area (Å²) in [6.07, 6.45) is 0. The number of hydrogen-bond donors (Lipinski definition) is 3. The number of ketones is 1. The average molecular weight is 620 g/mol. The van der Waals surface area contributed by atoms with Crippen molar-refractivity contribution in [1.82, 2.24) is 4.90 Å². The van der Waals surface area contributed by atoms with Crippen LogP contribution in [0.15, 0.2) is 24.3 Å². The number of amidine groups is 1. The Morgan fingerprint density at radius 3 is 2.25 bits per heavy atom. The van der Waals surface area contributed by atoms with E-state index in [9.17, 15) is 19.5 Å². The van der Waals surface area contributed by atoms with Crippen LogP contribution >= 0.6 is 17.0 Å². The quantitative estimate of drug-likeness (QED) is 0.297. The number of carboxylic acid groups (broad SMARTS) is 1. The minimum Gasteiger partial charge on any atom is -0.493 e. The number of hydrogen-bond acceptors (Lipinski definition) is 7. The molecule has 1 heterocycles. The van der Waals surface area contributed by atoms with Gasteiger partial charge in [-0.1, -0.05) is 20.8 Å². The van der Waals surface area contributed by atoms with Gasteiger partial charge in [-0.3, -0.25) is 15.0 Å². The highest BCUT2D eigenvalue weighted by Crippen LogP contribution is 2.41. The molecular formula is C29H39BrN4O6. The van der Waals surface area contributed by atoms with Crippen LogP contribution in [0.4, 0.5) is 5.69 Å². The Kier molecular flexibility index (Phi) is 10.7. The molecule has 0 atom stereocenters. The number of carboxylic acids is 1. The van der Waals surface area contributed by atoms with Crippen molar-refractivity contribution in [3.8, 4) is 11.5 Å². The molecule has 10 nitrogen and oxygen atoms in total. The lowest BCUT2D eigenvalue weighted by molar-refractivity contribution is -0.139. The summed E-state index contributed by atoms with van der Waals surface area (Å²) in [6.45, 7) is 13.1. The fraction of sp³-hybridized carbons (Fsp3) is 0.448. The standard InChI is InChI=1S/C29H38N4O6.BrH/c1-7-32(8-2)22-11-17(10-21(29(4,5)6)26(22)39-16-25(35)36)23(34)15-33-14-18-12-24(38-9-3)20(28(31)37)13-19(18)27(33)30;/h10-13,30H,7-9,14-16H2,1-6H3,(H2,31,37)(H,35,36);1H. The maximum Gasteiger partial charge on any atom is 0.341 e. The van der Waals surface area contributed by atoms with E-state index in [2.05, 4.69) is 0 Å². The van der Waals surface area contributed by atoms with Gasteiger partial charge in [-0.25, -0.2) is 4.79 Å². The number of primary amides is 1. The molecule has 1 aliphatic rings. The number of amides is 1. The lowest BCUT2D eigenvalue weighted by atomic mass is 9.84. The number of halogens is 1. The first-order valence-corrected chi connectivity index (χ1v) is 13.1. The van der Waals surface area contributed by atoms with Crippen LogP contribution in [0.5, 0.6) is 11.5 Å². The molecule has 2 aromatic rings. The number of nitrogens with zero attached hydrogens (tertiary/aromatic N) is 2. The Labute approximate surface area is 245 Å². The monoisotopic (exact) mass is 618 g/mol. The lowest BCUT2D eigenvalue weighted by Crippen LogP contribution is -2.31. The van der Waals surface area contributed by atoms with E-state index < -0.39 is 23.9 Å². The average Bonchev–Trinajstić information content (AvgIpc) is 3.16. The van der Waals surface area contributed by atoms with Crippen LogP contribution in [0.1, 0.15) is 78.9 Å². The minimum atomic E-state index is -1.08. The molecule has 0 unspecified atom stereocenters. The molecule has 40 heavy (non-hydrogen) atoms. The van der Waals surface area contributed by atoms with Gasteiger partial charge in [0.2, 0.25) is 0 Å². The van der Waals surface area contributed by atoms with E-state index >= 15 is 0 Å². The molecule has 1 amide bonds. The van der Waals surface area contributed by atoms with Crippen molar-refractivity contribution in [1.29, 1.82) is 5.41 Å². The number of Topliss-reactive ketones (excluding diaryl/α,β-unsaturated/α-hetero) is 1. The first-order chi connectivity index (χ1) is 18.3. The van der Waals surface area contributed by atoms with Crippen molar-refractivity contribution < 1.29 is 29.0 Å². The number of carbonyl (C=O) groups excluding carboxylic acids is 2. The molecule has 3 rings (SSSR count). The van der Waals surface area contributed by atoms with Gasteiger partial charge < -0.3 is 30.1 Å². The Hall–Kier alpha value is -3.60. The van der Waals surface area contributed by atoms with E-state index in [1.54, 1.807) is 36.1 Å². The van der Waals surface area contributed by atoms with Crippen LogP contribution in [-0.4, -0.2) is 66.3 Å². The molecule has 2 aromatic carbocycles. The zero-order valence-electron chi connectivity index (χ0n) is 23.9. The zero-order chi connectivity index (χ0) is 29.1. The molecule has 0 aromatic heterocycles. The largest absolute Gasteiger partial charge is 0.493 e. The molecule has 1 aliphatic heterocycles. The van der Waals surface area contributed by atoms with Gasteiger partial charge in [0.1, 0.15) is 17.3 Å². The van der Waals surface area contributed by atoms with Crippen LogP contribution in [0.2, 0.25) is 0 Å². The van der Waals surface area contributed by atoms with Crippen LogP contribution in [-0.2, 0) is 16.8 Å². The number of carbonyl (C=O) groups is 3. The Balaban J connectivity index is 0.00000560. The van der Waals surface area contributed by atoms with Gasteiger partial charge in [0, 0.05) is 36.3 Å². The third-order valence-electron chi connectivity index (χ3n) is 6.68. The number of benzene rings is 2. The molecule has 0 bridgehead atoms. The number of nitrogens with one attached hydrogen (secondary N) is 1. The van der Waals surface area contributed by atoms with Crippen molar-refractivity contribution in [2.45, 2.75) is 53.5 Å². The fourth-order valence-electron chi connectivity index (χ4n) is 4.71. The summed E-state index contributed by atoms with van der Waals surface area (Å²) in [7, 11) is 0. The molecular weight excluding hydrogens is 580 g/mol. The number of nitrogens with two attached hydrogens (primary N) is 1. The van der Waals surface area contributed by atoms with E-state index in [0.29, 0.717) is 54.6 Å². The summed E-state index contributed by atoms with van der Waals surface area (Å²) in [6, 6.07) is 6.77. The molecule has 0 fully saturated rings. The second-order valence-electron chi connectivity index (χ2n) is 10.4. The smallest absolute Gasteiger partial charge is 0.341 e.